The van der Waals surface area contributed by atoms with Gasteiger partial charge in [-0.1, -0.05) is 36.6 Å². The summed E-state index contributed by atoms with van der Waals surface area (Å²) >= 11 is 0. The maximum atomic E-state index is 4.87. The molecule has 3 nitrogen and oxygen atoms in total. The Morgan fingerprint density at radius 2 is 1.81 bits per heavy atom. The van der Waals surface area contributed by atoms with Crippen LogP contribution in [0.25, 0.3) is 11.4 Å². The van der Waals surface area contributed by atoms with Crippen LogP contribution in [0.4, 0.5) is 5.82 Å². The van der Waals surface area contributed by atoms with Gasteiger partial charge in [-0.2, -0.15) is 0 Å². The van der Waals surface area contributed by atoms with Crippen molar-refractivity contribution in [1.82, 2.24) is 9.97 Å². The van der Waals surface area contributed by atoms with E-state index in [2.05, 4.69) is 48.4 Å². The van der Waals surface area contributed by atoms with Crippen LogP contribution in [-0.4, -0.2) is 17.0 Å². The highest BCUT2D eigenvalue weighted by molar-refractivity contribution is 5.62. The van der Waals surface area contributed by atoms with Gasteiger partial charge in [0.2, 0.25) is 0 Å². The quantitative estimate of drug-likeness (QED) is 0.902. The van der Waals surface area contributed by atoms with Crippen molar-refractivity contribution in [3.05, 3.63) is 41.1 Å². The second kappa shape index (κ2) is 5.84. The van der Waals surface area contributed by atoms with Crippen molar-refractivity contribution >= 4 is 5.82 Å². The summed E-state index contributed by atoms with van der Waals surface area (Å²) in [7, 11) is 1.92. The SMILES string of the molecule is CNc1cc(C2CCCC2)nc(-c2ccc(C)cc2C)n1. The Hall–Kier alpha value is -1.90. The van der Waals surface area contributed by atoms with E-state index in [1.807, 2.05) is 7.05 Å². The van der Waals surface area contributed by atoms with Gasteiger partial charge in [0.15, 0.2) is 5.82 Å². The second-order valence-corrected chi connectivity index (χ2v) is 6.05. The normalized spacial score (nSPS) is 15.4. The summed E-state index contributed by atoms with van der Waals surface area (Å²) in [5.74, 6) is 2.37. The van der Waals surface area contributed by atoms with Crippen LogP contribution in [0.5, 0.6) is 0 Å². The van der Waals surface area contributed by atoms with Gasteiger partial charge in [-0.05, 0) is 32.3 Å². The molecular weight excluding hydrogens is 258 g/mol. The van der Waals surface area contributed by atoms with Crippen LogP contribution in [0.1, 0.15) is 48.4 Å². The average molecular weight is 281 g/mol. The Labute approximate surface area is 126 Å². The molecule has 0 saturated heterocycles. The molecule has 3 heteroatoms. The number of aromatic nitrogens is 2. The number of nitrogens with zero attached hydrogens (tertiary/aromatic N) is 2. The minimum Gasteiger partial charge on any atom is -0.373 e. The molecule has 0 amide bonds. The lowest BCUT2D eigenvalue weighted by Gasteiger charge is -2.13. The van der Waals surface area contributed by atoms with E-state index in [0.29, 0.717) is 5.92 Å². The largest absolute Gasteiger partial charge is 0.373 e. The van der Waals surface area contributed by atoms with Gasteiger partial charge in [-0.3, -0.25) is 0 Å². The highest BCUT2D eigenvalue weighted by Gasteiger charge is 2.20. The summed E-state index contributed by atoms with van der Waals surface area (Å²) in [5.41, 5.74) is 4.84. The lowest BCUT2D eigenvalue weighted by Crippen LogP contribution is -2.04. The second-order valence-electron chi connectivity index (χ2n) is 6.05. The molecule has 110 valence electrons. The van der Waals surface area contributed by atoms with Gasteiger partial charge < -0.3 is 5.32 Å². The molecular formula is C18H23N3. The van der Waals surface area contributed by atoms with E-state index in [-0.39, 0.29) is 0 Å². The van der Waals surface area contributed by atoms with Crippen molar-refractivity contribution in [2.45, 2.75) is 45.4 Å². The third-order valence-corrected chi connectivity index (χ3v) is 4.40. The Balaban J connectivity index is 2.06. The highest BCUT2D eigenvalue weighted by Crippen LogP contribution is 2.35. The fraction of sp³-hybridized carbons (Fsp3) is 0.444. The number of benzene rings is 1. The summed E-state index contributed by atoms with van der Waals surface area (Å²) in [6.45, 7) is 4.25. The molecule has 0 bridgehead atoms. The van der Waals surface area contributed by atoms with Crippen LogP contribution in [0, 0.1) is 13.8 Å². The van der Waals surface area contributed by atoms with Crippen LogP contribution in [-0.2, 0) is 0 Å². The lowest BCUT2D eigenvalue weighted by atomic mass is 10.0. The topological polar surface area (TPSA) is 37.8 Å². The first kappa shape index (κ1) is 14.1. The van der Waals surface area contributed by atoms with E-state index in [1.54, 1.807) is 0 Å². The monoisotopic (exact) mass is 281 g/mol. The van der Waals surface area contributed by atoms with Gasteiger partial charge in [0.1, 0.15) is 5.82 Å². The summed E-state index contributed by atoms with van der Waals surface area (Å²) in [6.07, 6.45) is 5.16. The summed E-state index contributed by atoms with van der Waals surface area (Å²) < 4.78 is 0. The zero-order chi connectivity index (χ0) is 14.8. The Kier molecular flexibility index (Phi) is 3.91. The van der Waals surface area contributed by atoms with Gasteiger partial charge in [0, 0.05) is 30.3 Å². The maximum Gasteiger partial charge on any atom is 0.162 e. The number of anilines is 1. The minimum absolute atomic E-state index is 0.601. The molecule has 3 rings (SSSR count). The standard InChI is InChI=1S/C18H23N3/c1-12-8-9-15(13(2)10-12)18-20-16(11-17(19-3)21-18)14-6-4-5-7-14/h8-11,14H,4-7H2,1-3H3,(H,19,20,21). The van der Waals surface area contributed by atoms with Crippen molar-refractivity contribution in [2.24, 2.45) is 0 Å². The van der Waals surface area contributed by atoms with Gasteiger partial charge in [-0.25, -0.2) is 9.97 Å². The first-order valence-electron chi connectivity index (χ1n) is 7.81. The molecule has 1 fully saturated rings. The Morgan fingerprint density at radius 3 is 2.48 bits per heavy atom. The Bertz CT molecular complexity index is 643. The fourth-order valence-corrected chi connectivity index (χ4v) is 3.21. The molecule has 1 saturated carbocycles. The number of aryl methyl sites for hydroxylation is 2. The van der Waals surface area contributed by atoms with Crippen molar-refractivity contribution in [1.29, 1.82) is 0 Å². The first-order chi connectivity index (χ1) is 10.2. The van der Waals surface area contributed by atoms with E-state index in [1.165, 1.54) is 42.5 Å². The van der Waals surface area contributed by atoms with E-state index < -0.39 is 0 Å². The van der Waals surface area contributed by atoms with Crippen molar-refractivity contribution in [2.75, 3.05) is 12.4 Å². The molecule has 1 N–H and O–H groups in total. The molecule has 21 heavy (non-hydrogen) atoms. The van der Waals surface area contributed by atoms with Gasteiger partial charge in [-0.15, -0.1) is 0 Å². The first-order valence-corrected chi connectivity index (χ1v) is 7.81. The van der Waals surface area contributed by atoms with E-state index >= 15 is 0 Å². The molecule has 0 radical (unpaired) electrons. The predicted molar refractivity (Wildman–Crippen MR) is 87.7 cm³/mol. The smallest absolute Gasteiger partial charge is 0.162 e. The predicted octanol–water partition coefficient (Wildman–Crippen LogP) is 4.46. The molecule has 1 aromatic carbocycles. The average Bonchev–Trinajstić information content (AvgIpc) is 3.01. The summed E-state index contributed by atoms with van der Waals surface area (Å²) in [4.78, 5) is 9.53. The maximum absolute atomic E-state index is 4.87. The lowest BCUT2D eigenvalue weighted by molar-refractivity contribution is 0.696. The zero-order valence-electron chi connectivity index (χ0n) is 13.1. The van der Waals surface area contributed by atoms with Crippen LogP contribution in [0.2, 0.25) is 0 Å². The molecule has 2 aromatic rings. The van der Waals surface area contributed by atoms with Crippen LogP contribution in [0.3, 0.4) is 0 Å². The molecule has 1 aromatic heterocycles. The molecule has 1 aliphatic rings. The van der Waals surface area contributed by atoms with Crippen molar-refractivity contribution in [3.63, 3.8) is 0 Å². The number of nitrogens with one attached hydrogen (secondary N) is 1. The minimum atomic E-state index is 0.601. The molecule has 0 spiro atoms. The van der Waals surface area contributed by atoms with Crippen molar-refractivity contribution in [3.8, 4) is 11.4 Å². The molecule has 0 atom stereocenters. The molecule has 0 aliphatic heterocycles. The summed E-state index contributed by atoms with van der Waals surface area (Å²) in [5, 5.41) is 3.18. The summed E-state index contributed by atoms with van der Waals surface area (Å²) in [6, 6.07) is 8.58. The van der Waals surface area contributed by atoms with Crippen LogP contribution in [0.15, 0.2) is 24.3 Å². The van der Waals surface area contributed by atoms with Crippen molar-refractivity contribution < 1.29 is 0 Å². The zero-order valence-corrected chi connectivity index (χ0v) is 13.1. The van der Waals surface area contributed by atoms with Gasteiger partial charge in [0.05, 0.1) is 0 Å². The van der Waals surface area contributed by atoms with Crippen LogP contribution < -0.4 is 5.32 Å². The number of hydrogen-bond donors (Lipinski definition) is 1. The Morgan fingerprint density at radius 1 is 1.05 bits per heavy atom. The third-order valence-electron chi connectivity index (χ3n) is 4.40. The van der Waals surface area contributed by atoms with E-state index in [4.69, 9.17) is 4.98 Å². The van der Waals surface area contributed by atoms with Gasteiger partial charge in [0.25, 0.3) is 0 Å². The number of hydrogen-bond acceptors (Lipinski definition) is 3. The number of rotatable bonds is 3. The molecule has 0 unspecified atom stereocenters. The molecule has 1 heterocycles. The molecule has 1 aliphatic carbocycles. The third kappa shape index (κ3) is 2.92. The van der Waals surface area contributed by atoms with E-state index in [0.717, 1.165) is 17.2 Å². The van der Waals surface area contributed by atoms with Gasteiger partial charge >= 0.3 is 0 Å². The highest BCUT2D eigenvalue weighted by atomic mass is 15.0. The van der Waals surface area contributed by atoms with E-state index in [9.17, 15) is 0 Å². The van der Waals surface area contributed by atoms with Crippen LogP contribution >= 0.6 is 0 Å². The fourth-order valence-electron chi connectivity index (χ4n) is 3.21.